The molecule has 0 aromatic heterocycles. The van der Waals surface area contributed by atoms with Crippen molar-refractivity contribution in [3.63, 3.8) is 0 Å². The molecule has 0 atom stereocenters. The van der Waals surface area contributed by atoms with Crippen LogP contribution in [0.1, 0.15) is 36.5 Å². The SMILES string of the molecule is CC(=O)c1cc(Br)ccc1F.O=C1CCC1. The quantitative estimate of drug-likeness (QED) is 0.740. The fourth-order valence-electron chi connectivity index (χ4n) is 1.09. The molecule has 1 aliphatic carbocycles. The van der Waals surface area contributed by atoms with Crippen LogP contribution in [0, 0.1) is 5.82 Å². The maximum absolute atomic E-state index is 12.8. The second-order valence-electron chi connectivity index (χ2n) is 3.57. The molecule has 0 bridgehead atoms. The molecule has 0 radical (unpaired) electrons. The molecular weight excluding hydrogens is 275 g/mol. The zero-order valence-corrected chi connectivity index (χ0v) is 10.5. The van der Waals surface area contributed by atoms with Gasteiger partial charge in [0.2, 0.25) is 0 Å². The van der Waals surface area contributed by atoms with Crippen LogP contribution in [0.2, 0.25) is 0 Å². The summed E-state index contributed by atoms with van der Waals surface area (Å²) in [5, 5.41) is 0. The Bertz CT molecular complexity index is 409. The minimum absolute atomic E-state index is 0.124. The summed E-state index contributed by atoms with van der Waals surface area (Å²) in [5.74, 6) is -0.297. The fourth-order valence-corrected chi connectivity index (χ4v) is 1.45. The summed E-state index contributed by atoms with van der Waals surface area (Å²) in [6, 6.07) is 4.29. The average Bonchev–Trinajstić information content (AvgIpc) is 2.19. The summed E-state index contributed by atoms with van der Waals surface area (Å²) in [7, 11) is 0. The van der Waals surface area contributed by atoms with Crippen molar-refractivity contribution < 1.29 is 14.0 Å². The number of ketones is 2. The number of hydrogen-bond acceptors (Lipinski definition) is 2. The van der Waals surface area contributed by atoms with E-state index < -0.39 is 5.82 Å². The number of hydrogen-bond donors (Lipinski definition) is 0. The Morgan fingerprint density at radius 3 is 2.25 bits per heavy atom. The van der Waals surface area contributed by atoms with Crippen LogP contribution in [0.15, 0.2) is 22.7 Å². The van der Waals surface area contributed by atoms with Gasteiger partial charge in [-0.3, -0.25) is 9.59 Å². The molecule has 1 fully saturated rings. The Morgan fingerprint density at radius 1 is 1.38 bits per heavy atom. The predicted molar refractivity (Wildman–Crippen MR) is 63.0 cm³/mol. The third-order valence-corrected chi connectivity index (χ3v) is 2.71. The summed E-state index contributed by atoms with van der Waals surface area (Å²) in [4.78, 5) is 20.7. The van der Waals surface area contributed by atoms with Crippen LogP contribution in [-0.4, -0.2) is 11.6 Å². The molecule has 16 heavy (non-hydrogen) atoms. The van der Waals surface area contributed by atoms with Crippen molar-refractivity contribution in [1.29, 1.82) is 0 Å². The number of halogens is 2. The van der Waals surface area contributed by atoms with Gasteiger partial charge in [-0.05, 0) is 31.5 Å². The first kappa shape index (κ1) is 13.0. The van der Waals surface area contributed by atoms with Crippen LogP contribution in [0.25, 0.3) is 0 Å². The molecule has 2 rings (SSSR count). The second-order valence-corrected chi connectivity index (χ2v) is 4.49. The summed E-state index contributed by atoms with van der Waals surface area (Å²) >= 11 is 3.15. The van der Waals surface area contributed by atoms with Gasteiger partial charge < -0.3 is 0 Å². The molecule has 1 aliphatic rings. The van der Waals surface area contributed by atoms with E-state index in [-0.39, 0.29) is 11.3 Å². The Kier molecular flexibility index (Phi) is 4.80. The van der Waals surface area contributed by atoms with Crippen LogP contribution >= 0.6 is 15.9 Å². The van der Waals surface area contributed by atoms with Crippen LogP contribution in [0.5, 0.6) is 0 Å². The lowest BCUT2D eigenvalue weighted by atomic mass is 9.99. The Hall–Kier alpha value is -1.03. The lowest BCUT2D eigenvalue weighted by Crippen LogP contribution is -2.07. The number of rotatable bonds is 1. The molecule has 0 amide bonds. The molecule has 0 N–H and O–H groups in total. The highest BCUT2D eigenvalue weighted by Gasteiger charge is 2.09. The standard InChI is InChI=1S/C8H6BrFO.C4H6O/c1-5(11)7-4-6(9)2-3-8(7)10;5-4-2-1-3-4/h2-4H,1H3;1-3H2. The highest BCUT2D eigenvalue weighted by molar-refractivity contribution is 9.10. The summed E-state index contributed by atoms with van der Waals surface area (Å²) < 4.78 is 13.5. The van der Waals surface area contributed by atoms with E-state index in [1.54, 1.807) is 6.07 Å². The molecule has 1 aromatic carbocycles. The van der Waals surface area contributed by atoms with Crippen molar-refractivity contribution >= 4 is 27.5 Å². The van der Waals surface area contributed by atoms with Gasteiger partial charge in [-0.15, -0.1) is 0 Å². The van der Waals surface area contributed by atoms with Gasteiger partial charge in [0.1, 0.15) is 11.6 Å². The van der Waals surface area contributed by atoms with Gasteiger partial charge in [-0.1, -0.05) is 15.9 Å². The first-order valence-electron chi connectivity index (χ1n) is 4.98. The molecule has 86 valence electrons. The lowest BCUT2D eigenvalue weighted by molar-refractivity contribution is -0.123. The monoisotopic (exact) mass is 286 g/mol. The van der Waals surface area contributed by atoms with Crippen LogP contribution in [-0.2, 0) is 4.79 Å². The first-order valence-corrected chi connectivity index (χ1v) is 5.77. The van der Waals surface area contributed by atoms with Gasteiger partial charge in [-0.25, -0.2) is 4.39 Å². The first-order chi connectivity index (χ1) is 7.50. The topological polar surface area (TPSA) is 34.1 Å². The van der Waals surface area contributed by atoms with Gasteiger partial charge >= 0.3 is 0 Å². The maximum atomic E-state index is 12.8. The highest BCUT2D eigenvalue weighted by atomic mass is 79.9. The van der Waals surface area contributed by atoms with Crippen molar-refractivity contribution in [1.82, 2.24) is 0 Å². The van der Waals surface area contributed by atoms with Gasteiger partial charge in [0.15, 0.2) is 5.78 Å². The highest BCUT2D eigenvalue weighted by Crippen LogP contribution is 2.15. The Morgan fingerprint density at radius 2 is 1.94 bits per heavy atom. The van der Waals surface area contributed by atoms with Gasteiger partial charge in [0, 0.05) is 17.3 Å². The molecule has 0 unspecified atom stereocenters. The van der Waals surface area contributed by atoms with Crippen LogP contribution in [0.4, 0.5) is 4.39 Å². The van der Waals surface area contributed by atoms with Crippen molar-refractivity contribution in [2.45, 2.75) is 26.2 Å². The van der Waals surface area contributed by atoms with E-state index in [1.165, 1.54) is 19.1 Å². The minimum atomic E-state index is -0.472. The minimum Gasteiger partial charge on any atom is -0.300 e. The average molecular weight is 287 g/mol. The summed E-state index contributed by atoms with van der Waals surface area (Å²) in [6.07, 6.45) is 2.83. The molecule has 0 spiro atoms. The van der Waals surface area contributed by atoms with E-state index >= 15 is 0 Å². The number of carbonyl (C=O) groups is 2. The normalized spacial score (nSPS) is 13.6. The van der Waals surface area contributed by atoms with Crippen LogP contribution in [0.3, 0.4) is 0 Å². The van der Waals surface area contributed by atoms with E-state index in [4.69, 9.17) is 0 Å². The Balaban J connectivity index is 0.000000212. The number of Topliss-reactive ketones (excluding diaryl/α,β-unsaturated/α-hetero) is 2. The van der Waals surface area contributed by atoms with E-state index in [9.17, 15) is 14.0 Å². The van der Waals surface area contributed by atoms with Gasteiger partial charge in [-0.2, -0.15) is 0 Å². The second kappa shape index (κ2) is 5.89. The van der Waals surface area contributed by atoms with E-state index in [2.05, 4.69) is 15.9 Å². The zero-order chi connectivity index (χ0) is 12.1. The van der Waals surface area contributed by atoms with E-state index in [1.807, 2.05) is 0 Å². The number of benzene rings is 1. The molecule has 0 aliphatic heterocycles. The molecule has 2 nitrogen and oxygen atoms in total. The summed E-state index contributed by atoms with van der Waals surface area (Å²) in [6.45, 7) is 1.34. The third-order valence-electron chi connectivity index (χ3n) is 2.22. The van der Waals surface area contributed by atoms with Crippen molar-refractivity contribution in [3.8, 4) is 0 Å². The molecule has 4 heteroatoms. The molecule has 0 heterocycles. The van der Waals surface area contributed by atoms with Gasteiger partial charge in [0.05, 0.1) is 5.56 Å². The summed E-state index contributed by atoms with van der Waals surface area (Å²) in [5.41, 5.74) is 0.124. The van der Waals surface area contributed by atoms with E-state index in [0.29, 0.717) is 10.3 Å². The van der Waals surface area contributed by atoms with Gasteiger partial charge in [0.25, 0.3) is 0 Å². The lowest BCUT2D eigenvalue weighted by Gasteiger charge is -2.05. The fraction of sp³-hybridized carbons (Fsp3) is 0.333. The largest absolute Gasteiger partial charge is 0.300 e. The van der Waals surface area contributed by atoms with Crippen molar-refractivity contribution in [2.75, 3.05) is 0 Å². The number of carbonyl (C=O) groups excluding carboxylic acids is 2. The van der Waals surface area contributed by atoms with Crippen molar-refractivity contribution in [2.24, 2.45) is 0 Å². The molecular formula is C12H12BrFO2. The third kappa shape index (κ3) is 3.85. The predicted octanol–water partition coefficient (Wildman–Crippen LogP) is 3.53. The molecule has 0 saturated heterocycles. The van der Waals surface area contributed by atoms with E-state index in [0.717, 1.165) is 19.3 Å². The molecule has 1 aromatic rings. The molecule has 1 saturated carbocycles. The Labute approximate surface area is 102 Å². The maximum Gasteiger partial charge on any atom is 0.162 e. The smallest absolute Gasteiger partial charge is 0.162 e. The van der Waals surface area contributed by atoms with Crippen molar-refractivity contribution in [3.05, 3.63) is 34.1 Å². The zero-order valence-electron chi connectivity index (χ0n) is 8.93. The van der Waals surface area contributed by atoms with Crippen LogP contribution < -0.4 is 0 Å².